The van der Waals surface area contributed by atoms with Gasteiger partial charge in [-0.3, -0.25) is 0 Å². The van der Waals surface area contributed by atoms with Gasteiger partial charge in [0.1, 0.15) is 0 Å². The number of halogens is 1. The maximum absolute atomic E-state index is 6.24. The van der Waals surface area contributed by atoms with E-state index in [1.165, 1.54) is 0 Å². The minimum absolute atomic E-state index is 0.0455. The third kappa shape index (κ3) is 3.01. The van der Waals surface area contributed by atoms with Gasteiger partial charge in [0, 0.05) is 34.4 Å². The van der Waals surface area contributed by atoms with E-state index in [9.17, 15) is 0 Å². The van der Waals surface area contributed by atoms with Crippen LogP contribution in [0.5, 0.6) is 11.5 Å². The molecule has 0 amide bonds. The standard InChI is InChI=1S/C21H24ClNO3/c1-3-25-18-8-4-6-15(21(18)24-2)19-14-7-5-11-26-20(14)16-12-13(22)9-10-17(16)23-19/h4,6,8-10,12,14,19-20,23H,3,5,7,11H2,1-2H3. The molecule has 0 aliphatic carbocycles. The van der Waals surface area contributed by atoms with Crippen molar-refractivity contribution in [3.8, 4) is 11.5 Å². The highest BCUT2D eigenvalue weighted by Gasteiger charge is 2.41. The van der Waals surface area contributed by atoms with Gasteiger partial charge in [0.25, 0.3) is 0 Å². The van der Waals surface area contributed by atoms with E-state index in [-0.39, 0.29) is 12.1 Å². The van der Waals surface area contributed by atoms with Crippen molar-refractivity contribution in [2.75, 3.05) is 25.6 Å². The fraction of sp³-hybridized carbons (Fsp3) is 0.429. The highest BCUT2D eigenvalue weighted by molar-refractivity contribution is 6.30. The molecule has 2 aromatic rings. The van der Waals surface area contributed by atoms with E-state index in [4.69, 9.17) is 25.8 Å². The molecule has 1 fully saturated rings. The molecule has 4 rings (SSSR count). The van der Waals surface area contributed by atoms with Gasteiger partial charge in [-0.1, -0.05) is 23.7 Å². The van der Waals surface area contributed by atoms with Crippen LogP contribution < -0.4 is 14.8 Å². The first-order chi connectivity index (χ1) is 12.7. The topological polar surface area (TPSA) is 39.7 Å². The number of rotatable bonds is 4. The van der Waals surface area contributed by atoms with Crippen LogP contribution in [0.15, 0.2) is 36.4 Å². The smallest absolute Gasteiger partial charge is 0.165 e. The van der Waals surface area contributed by atoms with Crippen molar-refractivity contribution in [1.29, 1.82) is 0 Å². The molecule has 0 saturated carbocycles. The predicted molar refractivity (Wildman–Crippen MR) is 103 cm³/mol. The number of nitrogens with one attached hydrogen (secondary N) is 1. The lowest BCUT2D eigenvalue weighted by Gasteiger charge is -2.43. The van der Waals surface area contributed by atoms with Crippen molar-refractivity contribution in [2.45, 2.75) is 31.9 Å². The molecule has 26 heavy (non-hydrogen) atoms. The van der Waals surface area contributed by atoms with Crippen LogP contribution in [0.3, 0.4) is 0 Å². The Morgan fingerprint density at radius 3 is 2.92 bits per heavy atom. The molecule has 138 valence electrons. The molecule has 0 spiro atoms. The van der Waals surface area contributed by atoms with Gasteiger partial charge in [-0.2, -0.15) is 0 Å². The summed E-state index contributed by atoms with van der Waals surface area (Å²) in [5.41, 5.74) is 3.34. The molecule has 2 heterocycles. The van der Waals surface area contributed by atoms with Gasteiger partial charge in [0.05, 0.1) is 25.9 Å². The SMILES string of the molecule is CCOc1cccc(C2Nc3ccc(Cl)cc3C3OCCCC23)c1OC. The van der Waals surface area contributed by atoms with Gasteiger partial charge in [-0.15, -0.1) is 0 Å². The number of ether oxygens (including phenoxy) is 3. The summed E-state index contributed by atoms with van der Waals surface area (Å²) in [7, 11) is 1.70. The lowest BCUT2D eigenvalue weighted by molar-refractivity contribution is -0.0383. The number of fused-ring (bicyclic) bond motifs is 3. The van der Waals surface area contributed by atoms with Crippen molar-refractivity contribution in [3.63, 3.8) is 0 Å². The molecule has 0 aromatic heterocycles. The molecule has 4 nitrogen and oxygen atoms in total. The molecule has 3 atom stereocenters. The van der Waals surface area contributed by atoms with Gasteiger partial charge in [-0.25, -0.2) is 0 Å². The van der Waals surface area contributed by atoms with Crippen LogP contribution in [0.4, 0.5) is 5.69 Å². The minimum Gasteiger partial charge on any atom is -0.492 e. The van der Waals surface area contributed by atoms with Crippen LogP contribution in [0, 0.1) is 5.92 Å². The summed E-state index contributed by atoms with van der Waals surface area (Å²) >= 11 is 6.24. The largest absolute Gasteiger partial charge is 0.492 e. The normalized spacial score (nSPS) is 24.2. The Balaban J connectivity index is 1.79. The third-order valence-electron chi connectivity index (χ3n) is 5.28. The first-order valence-corrected chi connectivity index (χ1v) is 9.58. The predicted octanol–water partition coefficient (Wildman–Crippen LogP) is 5.38. The fourth-order valence-electron chi connectivity index (χ4n) is 4.21. The first-order valence-electron chi connectivity index (χ1n) is 9.20. The Hall–Kier alpha value is -1.91. The Morgan fingerprint density at radius 1 is 1.23 bits per heavy atom. The first kappa shape index (κ1) is 17.5. The zero-order valence-electron chi connectivity index (χ0n) is 15.1. The number of methoxy groups -OCH3 is 1. The Morgan fingerprint density at radius 2 is 2.12 bits per heavy atom. The lowest BCUT2D eigenvalue weighted by atomic mass is 9.77. The number of para-hydroxylation sites is 1. The Labute approximate surface area is 159 Å². The Bertz CT molecular complexity index is 795. The Kier molecular flexibility index (Phi) is 4.96. The van der Waals surface area contributed by atoms with Crippen molar-refractivity contribution in [3.05, 3.63) is 52.5 Å². The van der Waals surface area contributed by atoms with Crippen molar-refractivity contribution in [2.24, 2.45) is 5.92 Å². The van der Waals surface area contributed by atoms with Crippen LogP contribution in [0.2, 0.25) is 5.02 Å². The van der Waals surface area contributed by atoms with E-state index in [1.54, 1.807) is 7.11 Å². The molecule has 0 radical (unpaired) electrons. The average molecular weight is 374 g/mol. The van der Waals surface area contributed by atoms with Gasteiger partial charge >= 0.3 is 0 Å². The van der Waals surface area contributed by atoms with Gasteiger partial charge in [-0.05, 0) is 44.0 Å². The molecule has 2 aliphatic rings. The summed E-state index contributed by atoms with van der Waals surface area (Å²) in [6.07, 6.45) is 2.20. The zero-order valence-corrected chi connectivity index (χ0v) is 15.9. The second-order valence-corrected chi connectivity index (χ2v) is 7.20. The molecule has 3 unspecified atom stereocenters. The summed E-state index contributed by atoms with van der Waals surface area (Å²) in [6.45, 7) is 3.38. The summed E-state index contributed by atoms with van der Waals surface area (Å²) in [6, 6.07) is 12.2. The zero-order chi connectivity index (χ0) is 18.1. The minimum atomic E-state index is 0.0455. The number of benzene rings is 2. The molecule has 0 bridgehead atoms. The molecule has 1 saturated heterocycles. The number of anilines is 1. The highest BCUT2D eigenvalue weighted by Crippen LogP contribution is 2.51. The van der Waals surface area contributed by atoms with E-state index in [0.717, 1.165) is 52.8 Å². The average Bonchev–Trinajstić information content (AvgIpc) is 2.67. The quantitative estimate of drug-likeness (QED) is 0.780. The van der Waals surface area contributed by atoms with Crippen molar-refractivity contribution < 1.29 is 14.2 Å². The van der Waals surface area contributed by atoms with Crippen molar-refractivity contribution in [1.82, 2.24) is 0 Å². The van der Waals surface area contributed by atoms with E-state index >= 15 is 0 Å². The molecule has 2 aromatic carbocycles. The number of hydrogen-bond donors (Lipinski definition) is 1. The third-order valence-corrected chi connectivity index (χ3v) is 5.51. The van der Waals surface area contributed by atoms with Crippen LogP contribution in [0.25, 0.3) is 0 Å². The molecule has 5 heteroatoms. The summed E-state index contributed by atoms with van der Waals surface area (Å²) in [5.74, 6) is 1.90. The second-order valence-electron chi connectivity index (χ2n) is 6.76. The highest BCUT2D eigenvalue weighted by atomic mass is 35.5. The van der Waals surface area contributed by atoms with Crippen LogP contribution in [-0.4, -0.2) is 20.3 Å². The van der Waals surface area contributed by atoms with Crippen LogP contribution >= 0.6 is 11.6 Å². The van der Waals surface area contributed by atoms with Crippen molar-refractivity contribution >= 4 is 17.3 Å². The van der Waals surface area contributed by atoms with Crippen LogP contribution in [-0.2, 0) is 4.74 Å². The van der Waals surface area contributed by atoms with Gasteiger partial charge < -0.3 is 19.5 Å². The molecular weight excluding hydrogens is 350 g/mol. The van der Waals surface area contributed by atoms with E-state index in [0.29, 0.717) is 12.5 Å². The van der Waals surface area contributed by atoms with Crippen LogP contribution in [0.1, 0.15) is 43.0 Å². The van der Waals surface area contributed by atoms with Gasteiger partial charge in [0.2, 0.25) is 0 Å². The molecular formula is C21H24ClNO3. The fourth-order valence-corrected chi connectivity index (χ4v) is 4.40. The monoisotopic (exact) mass is 373 g/mol. The summed E-state index contributed by atoms with van der Waals surface area (Å²) in [5, 5.41) is 4.45. The summed E-state index contributed by atoms with van der Waals surface area (Å²) in [4.78, 5) is 0. The molecule has 2 aliphatic heterocycles. The number of hydrogen-bond acceptors (Lipinski definition) is 4. The van der Waals surface area contributed by atoms with E-state index in [2.05, 4.69) is 11.4 Å². The second kappa shape index (κ2) is 7.37. The maximum Gasteiger partial charge on any atom is 0.165 e. The maximum atomic E-state index is 6.24. The van der Waals surface area contributed by atoms with Gasteiger partial charge in [0.15, 0.2) is 11.5 Å². The molecule has 1 N–H and O–H groups in total. The lowest BCUT2D eigenvalue weighted by Crippen LogP contribution is -2.36. The van der Waals surface area contributed by atoms with E-state index in [1.807, 2.05) is 37.3 Å². The summed E-state index contributed by atoms with van der Waals surface area (Å²) < 4.78 is 17.7. The van der Waals surface area contributed by atoms with E-state index < -0.39 is 0 Å².